The van der Waals surface area contributed by atoms with E-state index in [9.17, 15) is 0 Å². The van der Waals surface area contributed by atoms with Crippen LogP contribution < -0.4 is 5.32 Å². The lowest BCUT2D eigenvalue weighted by molar-refractivity contribution is 0.0450. The monoisotopic (exact) mass is 240 g/mol. The molecule has 1 aliphatic heterocycles. The van der Waals surface area contributed by atoms with Gasteiger partial charge in [0.25, 0.3) is 0 Å². The molecule has 0 spiro atoms. The van der Waals surface area contributed by atoms with Gasteiger partial charge in [-0.3, -0.25) is 0 Å². The molecule has 0 aromatic carbocycles. The van der Waals surface area contributed by atoms with Crippen molar-refractivity contribution in [3.05, 3.63) is 0 Å². The topological polar surface area (TPSA) is 33.7 Å². The molecule has 1 rings (SSSR count). The Morgan fingerprint density at radius 3 is 2.59 bits per heavy atom. The summed E-state index contributed by atoms with van der Waals surface area (Å²) in [6.07, 6.45) is 7.54. The number of hydrogen-bond donors (Lipinski definition) is 1. The van der Waals surface area contributed by atoms with Crippen LogP contribution in [0.4, 0.5) is 0 Å². The maximum atomic E-state index is 5.49. The zero-order chi connectivity index (χ0) is 12.3. The van der Waals surface area contributed by atoms with Gasteiger partial charge >= 0.3 is 0 Å². The second-order valence-corrected chi connectivity index (χ2v) is 4.27. The molecule has 0 amide bonds. The van der Waals surface area contributed by atoms with E-state index in [1.165, 1.54) is 25.9 Å². The zero-order valence-electron chi connectivity index (χ0n) is 10.8. The summed E-state index contributed by atoms with van der Waals surface area (Å²) in [5.41, 5.74) is 0. The van der Waals surface area contributed by atoms with Crippen molar-refractivity contribution < 1.29 is 9.47 Å². The summed E-state index contributed by atoms with van der Waals surface area (Å²) < 4.78 is 10.6. The molecule has 0 aromatic rings. The highest BCUT2D eigenvalue weighted by Crippen LogP contribution is 2.08. The maximum Gasteiger partial charge on any atom is 0.107 e. The third-order valence-corrected chi connectivity index (χ3v) is 3.11. The minimum Gasteiger partial charge on any atom is -0.378 e. The molecule has 1 N–H and O–H groups in total. The summed E-state index contributed by atoms with van der Waals surface area (Å²) in [4.78, 5) is 2.45. The maximum absolute atomic E-state index is 5.49. The predicted octanol–water partition coefficient (Wildman–Crippen LogP) is 0.337. The van der Waals surface area contributed by atoms with E-state index in [1.54, 1.807) is 0 Å². The van der Waals surface area contributed by atoms with Gasteiger partial charge < -0.3 is 19.7 Å². The lowest BCUT2D eigenvalue weighted by Gasteiger charge is -2.31. The van der Waals surface area contributed by atoms with Crippen LogP contribution in [-0.4, -0.2) is 64.1 Å². The van der Waals surface area contributed by atoms with Crippen molar-refractivity contribution in [2.75, 3.05) is 53.1 Å². The van der Waals surface area contributed by atoms with Crippen LogP contribution in [0.5, 0.6) is 0 Å². The molecule has 1 aliphatic rings. The Labute approximate surface area is 105 Å². The molecule has 0 unspecified atom stereocenters. The van der Waals surface area contributed by atoms with Gasteiger partial charge in [0, 0.05) is 12.6 Å². The first-order valence-corrected chi connectivity index (χ1v) is 6.35. The van der Waals surface area contributed by atoms with Gasteiger partial charge in [0.15, 0.2) is 0 Å². The molecule has 1 heterocycles. The molecule has 98 valence electrons. The molecule has 0 aromatic heterocycles. The van der Waals surface area contributed by atoms with Gasteiger partial charge in [0.2, 0.25) is 0 Å². The van der Waals surface area contributed by atoms with E-state index in [0.717, 1.165) is 13.2 Å². The Kier molecular flexibility index (Phi) is 8.02. The molecule has 17 heavy (non-hydrogen) atoms. The highest BCUT2D eigenvalue weighted by Gasteiger charge is 2.16. The minimum absolute atomic E-state index is 0.376. The largest absolute Gasteiger partial charge is 0.378 e. The van der Waals surface area contributed by atoms with Gasteiger partial charge in [-0.15, -0.1) is 6.42 Å². The van der Waals surface area contributed by atoms with Gasteiger partial charge in [-0.1, -0.05) is 5.92 Å². The third-order valence-electron chi connectivity index (χ3n) is 3.11. The summed E-state index contributed by atoms with van der Waals surface area (Å²) in [5.74, 6) is 2.43. The Hall–Kier alpha value is -0.600. The van der Waals surface area contributed by atoms with E-state index in [1.807, 2.05) is 7.05 Å². The average molecular weight is 240 g/mol. The second kappa shape index (κ2) is 9.43. The third kappa shape index (κ3) is 6.64. The van der Waals surface area contributed by atoms with Gasteiger partial charge in [-0.05, 0) is 33.0 Å². The van der Waals surface area contributed by atoms with E-state index in [4.69, 9.17) is 15.9 Å². The molecule has 1 fully saturated rings. The number of likely N-dealkylation sites (tertiary alicyclic amines) is 1. The molecule has 4 heteroatoms. The fourth-order valence-electron chi connectivity index (χ4n) is 1.99. The van der Waals surface area contributed by atoms with E-state index in [-0.39, 0.29) is 0 Å². The van der Waals surface area contributed by atoms with Crippen molar-refractivity contribution in [2.24, 2.45) is 0 Å². The van der Waals surface area contributed by atoms with Gasteiger partial charge in [-0.25, -0.2) is 0 Å². The van der Waals surface area contributed by atoms with Gasteiger partial charge in [0.1, 0.15) is 6.61 Å². The number of hydrogen-bond acceptors (Lipinski definition) is 4. The van der Waals surface area contributed by atoms with Crippen LogP contribution in [-0.2, 0) is 9.47 Å². The first-order chi connectivity index (χ1) is 8.36. The van der Waals surface area contributed by atoms with Crippen LogP contribution in [0.2, 0.25) is 0 Å². The van der Waals surface area contributed by atoms with Gasteiger partial charge in [0.05, 0.1) is 19.8 Å². The molecule has 0 atom stereocenters. The predicted molar refractivity (Wildman–Crippen MR) is 69.0 cm³/mol. The normalized spacial score (nSPS) is 18.1. The summed E-state index contributed by atoms with van der Waals surface area (Å²) in [6.45, 7) is 5.74. The molecular formula is C13H24N2O2. The summed E-state index contributed by atoms with van der Waals surface area (Å²) in [6, 6.07) is 0.698. The first-order valence-electron chi connectivity index (χ1n) is 6.35. The van der Waals surface area contributed by atoms with Crippen LogP contribution in [0, 0.1) is 12.3 Å². The Balaban J connectivity index is 1.89. The quantitative estimate of drug-likeness (QED) is 0.490. The Morgan fingerprint density at radius 1 is 1.24 bits per heavy atom. The molecule has 1 saturated heterocycles. The standard InChI is InChI=1S/C13H24N2O2/c1-3-9-16-11-12-17-10-8-15-6-4-13(14-2)5-7-15/h1,13-14H,4-12H2,2H3. The van der Waals surface area contributed by atoms with Crippen LogP contribution in [0.3, 0.4) is 0 Å². The average Bonchev–Trinajstić information content (AvgIpc) is 2.38. The highest BCUT2D eigenvalue weighted by molar-refractivity contribution is 4.82. The lowest BCUT2D eigenvalue weighted by atomic mass is 10.1. The fourth-order valence-corrected chi connectivity index (χ4v) is 1.99. The fraction of sp³-hybridized carbons (Fsp3) is 0.846. The SMILES string of the molecule is C#CCOCCOCCN1CCC(NC)CC1. The lowest BCUT2D eigenvalue weighted by Crippen LogP contribution is -2.42. The molecule has 0 bridgehead atoms. The van der Waals surface area contributed by atoms with Crippen molar-refractivity contribution in [3.63, 3.8) is 0 Å². The van der Waals surface area contributed by atoms with Gasteiger partial charge in [-0.2, -0.15) is 0 Å². The number of nitrogens with zero attached hydrogens (tertiary/aromatic N) is 1. The number of piperidine rings is 1. The van der Waals surface area contributed by atoms with Crippen LogP contribution in [0.1, 0.15) is 12.8 Å². The molecule has 4 nitrogen and oxygen atoms in total. The van der Waals surface area contributed by atoms with E-state index < -0.39 is 0 Å². The van der Waals surface area contributed by atoms with E-state index in [0.29, 0.717) is 25.9 Å². The highest BCUT2D eigenvalue weighted by atomic mass is 16.5. The number of rotatable bonds is 8. The summed E-state index contributed by atoms with van der Waals surface area (Å²) in [7, 11) is 2.04. The van der Waals surface area contributed by atoms with Crippen molar-refractivity contribution in [1.82, 2.24) is 10.2 Å². The Bertz CT molecular complexity index is 220. The van der Waals surface area contributed by atoms with Crippen molar-refractivity contribution >= 4 is 0 Å². The number of ether oxygens (including phenoxy) is 2. The van der Waals surface area contributed by atoms with Crippen LogP contribution >= 0.6 is 0 Å². The van der Waals surface area contributed by atoms with Crippen LogP contribution in [0.15, 0.2) is 0 Å². The van der Waals surface area contributed by atoms with Crippen molar-refractivity contribution in [2.45, 2.75) is 18.9 Å². The Morgan fingerprint density at radius 2 is 1.94 bits per heavy atom. The number of terminal acetylenes is 1. The second-order valence-electron chi connectivity index (χ2n) is 4.27. The molecular weight excluding hydrogens is 216 g/mol. The summed E-state index contributed by atoms with van der Waals surface area (Å²) in [5, 5.41) is 3.33. The molecule has 0 saturated carbocycles. The smallest absolute Gasteiger partial charge is 0.107 e. The first kappa shape index (κ1) is 14.5. The number of nitrogens with one attached hydrogen (secondary N) is 1. The van der Waals surface area contributed by atoms with Crippen molar-refractivity contribution in [1.29, 1.82) is 0 Å². The molecule has 0 aliphatic carbocycles. The minimum atomic E-state index is 0.376. The van der Waals surface area contributed by atoms with Crippen LogP contribution in [0.25, 0.3) is 0 Å². The summed E-state index contributed by atoms with van der Waals surface area (Å²) >= 11 is 0. The van der Waals surface area contributed by atoms with E-state index in [2.05, 4.69) is 16.1 Å². The molecule has 0 radical (unpaired) electrons. The van der Waals surface area contributed by atoms with E-state index >= 15 is 0 Å². The zero-order valence-corrected chi connectivity index (χ0v) is 10.8. The van der Waals surface area contributed by atoms with Crippen molar-refractivity contribution in [3.8, 4) is 12.3 Å².